The highest BCUT2D eigenvalue weighted by Crippen LogP contribution is 2.44. The van der Waals surface area contributed by atoms with Gasteiger partial charge in [0.15, 0.2) is 0 Å². The van der Waals surface area contributed by atoms with Gasteiger partial charge in [0.25, 0.3) is 0 Å². The lowest BCUT2D eigenvalue weighted by molar-refractivity contribution is 1.29. The SMILES string of the molecule is c1ccc(-c2ccc(N(c3ccccc3)c3cc(-c4ccc5ccc(N(c6ccccc6)c6ccccc6)cc5c4)c4c(ccc5ccccc54)c3)cc2)cc1. The van der Waals surface area contributed by atoms with Crippen LogP contribution in [0.25, 0.3) is 54.6 Å². The van der Waals surface area contributed by atoms with Gasteiger partial charge in [0, 0.05) is 34.1 Å². The van der Waals surface area contributed by atoms with E-state index in [-0.39, 0.29) is 0 Å². The molecule has 10 rings (SSSR count). The third-order valence-electron chi connectivity index (χ3n) is 10.8. The molecule has 0 N–H and O–H groups in total. The molecular weight excluding hydrogens is 677 g/mol. The Morgan fingerprint density at radius 1 is 0.232 bits per heavy atom. The first-order valence-corrected chi connectivity index (χ1v) is 19.2. The molecule has 0 amide bonds. The molecule has 0 bridgehead atoms. The van der Waals surface area contributed by atoms with E-state index in [1.807, 2.05) is 0 Å². The molecule has 10 aromatic carbocycles. The summed E-state index contributed by atoms with van der Waals surface area (Å²) in [7, 11) is 0. The monoisotopic (exact) mass is 714 g/mol. The zero-order chi connectivity index (χ0) is 37.3. The quantitative estimate of drug-likeness (QED) is 0.145. The second kappa shape index (κ2) is 14.4. The van der Waals surface area contributed by atoms with E-state index in [1.165, 1.54) is 54.6 Å². The average Bonchev–Trinajstić information content (AvgIpc) is 3.27. The lowest BCUT2D eigenvalue weighted by Gasteiger charge is -2.27. The van der Waals surface area contributed by atoms with Crippen LogP contribution in [0.3, 0.4) is 0 Å². The number of rotatable bonds is 8. The van der Waals surface area contributed by atoms with Crippen molar-refractivity contribution >= 4 is 66.4 Å². The summed E-state index contributed by atoms with van der Waals surface area (Å²) in [6, 6.07) is 83.2. The van der Waals surface area contributed by atoms with Crippen molar-refractivity contribution in [3.8, 4) is 22.3 Å². The van der Waals surface area contributed by atoms with Gasteiger partial charge in [0.1, 0.15) is 0 Å². The van der Waals surface area contributed by atoms with Gasteiger partial charge < -0.3 is 9.80 Å². The highest BCUT2D eigenvalue weighted by Gasteiger charge is 2.18. The van der Waals surface area contributed by atoms with Gasteiger partial charge in [0.05, 0.1) is 0 Å². The molecule has 0 saturated carbocycles. The number of benzene rings is 10. The van der Waals surface area contributed by atoms with Crippen LogP contribution in [-0.4, -0.2) is 0 Å². The van der Waals surface area contributed by atoms with Gasteiger partial charge in [-0.25, -0.2) is 0 Å². The molecule has 0 fully saturated rings. The van der Waals surface area contributed by atoms with E-state index in [0.29, 0.717) is 0 Å². The molecule has 0 radical (unpaired) electrons. The van der Waals surface area contributed by atoms with Crippen LogP contribution in [0.4, 0.5) is 34.1 Å². The lowest BCUT2D eigenvalue weighted by atomic mass is 9.91. The van der Waals surface area contributed by atoms with Crippen molar-refractivity contribution in [3.63, 3.8) is 0 Å². The van der Waals surface area contributed by atoms with Crippen LogP contribution >= 0.6 is 0 Å². The lowest BCUT2D eigenvalue weighted by Crippen LogP contribution is -2.10. The predicted octanol–water partition coefficient (Wildman–Crippen LogP) is 15.4. The fraction of sp³-hybridized carbons (Fsp3) is 0. The molecule has 10 aromatic rings. The number of fused-ring (bicyclic) bond motifs is 4. The molecule has 0 unspecified atom stereocenters. The van der Waals surface area contributed by atoms with Crippen LogP contribution in [0.15, 0.2) is 231 Å². The van der Waals surface area contributed by atoms with Crippen molar-refractivity contribution in [2.75, 3.05) is 9.80 Å². The summed E-state index contributed by atoms with van der Waals surface area (Å²) in [6.07, 6.45) is 0. The zero-order valence-electron chi connectivity index (χ0n) is 30.8. The van der Waals surface area contributed by atoms with E-state index < -0.39 is 0 Å². The molecule has 2 heteroatoms. The topological polar surface area (TPSA) is 6.48 Å². The molecule has 56 heavy (non-hydrogen) atoms. The molecule has 0 heterocycles. The van der Waals surface area contributed by atoms with Crippen LogP contribution in [0.2, 0.25) is 0 Å². The third kappa shape index (κ3) is 6.24. The number of hydrogen-bond donors (Lipinski definition) is 0. The Hall–Kier alpha value is -7.42. The molecular formula is C54H38N2. The van der Waals surface area contributed by atoms with E-state index in [4.69, 9.17) is 0 Å². The molecule has 0 aromatic heterocycles. The van der Waals surface area contributed by atoms with Gasteiger partial charge in [-0.05, 0) is 133 Å². The molecule has 0 aliphatic heterocycles. The third-order valence-corrected chi connectivity index (χ3v) is 10.8. The van der Waals surface area contributed by atoms with Crippen molar-refractivity contribution in [1.29, 1.82) is 0 Å². The van der Waals surface area contributed by atoms with Gasteiger partial charge in [0.2, 0.25) is 0 Å². The van der Waals surface area contributed by atoms with Gasteiger partial charge in [-0.15, -0.1) is 0 Å². The highest BCUT2D eigenvalue weighted by molar-refractivity contribution is 6.16. The van der Waals surface area contributed by atoms with Crippen molar-refractivity contribution < 1.29 is 0 Å². The highest BCUT2D eigenvalue weighted by atomic mass is 15.1. The smallest absolute Gasteiger partial charge is 0.0474 e. The zero-order valence-corrected chi connectivity index (χ0v) is 30.8. The van der Waals surface area contributed by atoms with Crippen LogP contribution in [0.5, 0.6) is 0 Å². The average molecular weight is 715 g/mol. The first-order chi connectivity index (χ1) is 27.8. The van der Waals surface area contributed by atoms with Crippen LogP contribution < -0.4 is 9.80 Å². The summed E-state index contributed by atoms with van der Waals surface area (Å²) in [5.41, 5.74) is 11.5. The Labute approximate surface area is 327 Å². The summed E-state index contributed by atoms with van der Waals surface area (Å²) < 4.78 is 0. The van der Waals surface area contributed by atoms with Crippen molar-refractivity contribution in [3.05, 3.63) is 231 Å². The number of nitrogens with zero attached hydrogens (tertiary/aromatic N) is 2. The maximum atomic E-state index is 2.39. The van der Waals surface area contributed by atoms with Crippen LogP contribution in [0.1, 0.15) is 0 Å². The van der Waals surface area contributed by atoms with Gasteiger partial charge >= 0.3 is 0 Å². The van der Waals surface area contributed by atoms with E-state index in [1.54, 1.807) is 0 Å². The second-order valence-corrected chi connectivity index (χ2v) is 14.2. The number of hydrogen-bond acceptors (Lipinski definition) is 2. The number of anilines is 6. The molecule has 0 spiro atoms. The maximum Gasteiger partial charge on any atom is 0.0474 e. The molecule has 0 saturated heterocycles. The Bertz CT molecular complexity index is 2900. The van der Waals surface area contributed by atoms with Crippen LogP contribution in [0, 0.1) is 0 Å². The van der Waals surface area contributed by atoms with Crippen molar-refractivity contribution in [1.82, 2.24) is 0 Å². The summed E-state index contributed by atoms with van der Waals surface area (Å²) in [5.74, 6) is 0. The summed E-state index contributed by atoms with van der Waals surface area (Å²) >= 11 is 0. The van der Waals surface area contributed by atoms with Gasteiger partial charge in [-0.2, -0.15) is 0 Å². The molecule has 0 atom stereocenters. The van der Waals surface area contributed by atoms with Crippen LogP contribution in [-0.2, 0) is 0 Å². The molecule has 2 nitrogen and oxygen atoms in total. The van der Waals surface area contributed by atoms with E-state index in [9.17, 15) is 0 Å². The normalized spacial score (nSPS) is 11.2. The first-order valence-electron chi connectivity index (χ1n) is 19.2. The first kappa shape index (κ1) is 33.2. The Kier molecular flexibility index (Phi) is 8.55. The number of para-hydroxylation sites is 3. The Morgan fingerprint density at radius 3 is 1.34 bits per heavy atom. The van der Waals surface area contributed by atoms with Crippen molar-refractivity contribution in [2.45, 2.75) is 0 Å². The summed E-state index contributed by atoms with van der Waals surface area (Å²) in [5, 5.41) is 7.32. The van der Waals surface area contributed by atoms with E-state index in [0.717, 1.165) is 34.1 Å². The minimum absolute atomic E-state index is 1.10. The second-order valence-electron chi connectivity index (χ2n) is 14.2. The summed E-state index contributed by atoms with van der Waals surface area (Å²) in [6.45, 7) is 0. The molecule has 264 valence electrons. The van der Waals surface area contributed by atoms with E-state index in [2.05, 4.69) is 240 Å². The minimum Gasteiger partial charge on any atom is -0.310 e. The predicted molar refractivity (Wildman–Crippen MR) is 239 cm³/mol. The Balaban J connectivity index is 1.17. The standard InChI is InChI=1S/C54H38N2/c1-5-15-39(16-6-1)40-29-32-49(33-30-40)56(48-22-11-4-12-23-48)51-36-44-28-26-42-17-13-14-24-52(42)54(44)53(38-51)43-27-25-41-31-34-50(37-45(41)35-43)55(46-18-7-2-8-19-46)47-20-9-3-10-21-47/h1-38H. The minimum atomic E-state index is 1.10. The molecule has 0 aliphatic carbocycles. The Morgan fingerprint density at radius 2 is 0.679 bits per heavy atom. The largest absolute Gasteiger partial charge is 0.310 e. The summed E-state index contributed by atoms with van der Waals surface area (Å²) in [4.78, 5) is 4.71. The fourth-order valence-corrected chi connectivity index (χ4v) is 8.09. The van der Waals surface area contributed by atoms with Crippen molar-refractivity contribution in [2.24, 2.45) is 0 Å². The van der Waals surface area contributed by atoms with E-state index >= 15 is 0 Å². The maximum absolute atomic E-state index is 2.39. The van der Waals surface area contributed by atoms with Gasteiger partial charge in [-0.1, -0.05) is 152 Å². The molecule has 0 aliphatic rings. The van der Waals surface area contributed by atoms with Gasteiger partial charge in [-0.3, -0.25) is 0 Å². The fourth-order valence-electron chi connectivity index (χ4n) is 8.09.